The van der Waals surface area contributed by atoms with E-state index in [1.807, 2.05) is 0 Å². The summed E-state index contributed by atoms with van der Waals surface area (Å²) in [5.41, 5.74) is 0.0383. The molecule has 0 saturated carbocycles. The Balaban J connectivity index is 2.11. The number of H-pyrrole nitrogens is 2. The predicted molar refractivity (Wildman–Crippen MR) is 85.6 cm³/mol. The van der Waals surface area contributed by atoms with E-state index in [4.69, 9.17) is 11.6 Å². The molecule has 1 heterocycles. The lowest BCUT2D eigenvalue weighted by atomic mass is 10.2. The molecule has 7 nitrogen and oxygen atoms in total. The van der Waals surface area contributed by atoms with Crippen LogP contribution >= 0.6 is 23.4 Å². The molecule has 0 bridgehead atoms. The van der Waals surface area contributed by atoms with E-state index < -0.39 is 16.5 Å². The second-order valence-electron chi connectivity index (χ2n) is 4.47. The predicted octanol–water partition coefficient (Wildman–Crippen LogP) is 1.54. The van der Waals surface area contributed by atoms with Crippen LogP contribution in [0.15, 0.2) is 32.8 Å². The standard InChI is InChI=1S/C13H13ClN4O3S/c1-6-8(14)4-3-5-9(6)15-10(19)7(2)22-12-11(20)16-13(21)18-17-12/h3-5,7H,1-2H3,(H,15,19)(H2,16,18,20,21)/t7-/m1/s1. The fourth-order valence-electron chi connectivity index (χ4n) is 1.61. The second kappa shape index (κ2) is 6.80. The topological polar surface area (TPSA) is 108 Å². The van der Waals surface area contributed by atoms with Crippen molar-refractivity contribution in [2.24, 2.45) is 0 Å². The van der Waals surface area contributed by atoms with E-state index in [1.165, 1.54) is 0 Å². The van der Waals surface area contributed by atoms with E-state index in [9.17, 15) is 14.4 Å². The lowest BCUT2D eigenvalue weighted by Crippen LogP contribution is -2.28. The van der Waals surface area contributed by atoms with Gasteiger partial charge in [-0.3, -0.25) is 14.6 Å². The number of hydrogen-bond donors (Lipinski definition) is 3. The first-order chi connectivity index (χ1) is 10.4. The summed E-state index contributed by atoms with van der Waals surface area (Å²) in [6.07, 6.45) is 0. The molecule has 1 atom stereocenters. The van der Waals surface area contributed by atoms with Crippen LogP contribution in [0.2, 0.25) is 5.02 Å². The van der Waals surface area contributed by atoms with Crippen LogP contribution in [0.25, 0.3) is 0 Å². The maximum atomic E-state index is 12.2. The molecule has 0 aliphatic rings. The van der Waals surface area contributed by atoms with Crippen LogP contribution in [-0.2, 0) is 4.79 Å². The highest BCUT2D eigenvalue weighted by atomic mass is 35.5. The van der Waals surface area contributed by atoms with Crippen molar-refractivity contribution >= 4 is 35.0 Å². The Hall–Kier alpha value is -2.06. The third kappa shape index (κ3) is 3.77. The normalized spacial score (nSPS) is 12.0. The average Bonchev–Trinajstić information content (AvgIpc) is 2.46. The average molecular weight is 341 g/mol. The van der Waals surface area contributed by atoms with Crippen molar-refractivity contribution < 1.29 is 4.79 Å². The molecule has 0 fully saturated rings. The number of nitrogens with one attached hydrogen (secondary N) is 3. The SMILES string of the molecule is Cc1c(Cl)cccc1NC(=O)[C@@H](C)Sc1n[nH]c(=O)[nH]c1=O. The molecular formula is C13H13ClN4O3S. The molecule has 0 radical (unpaired) electrons. The highest BCUT2D eigenvalue weighted by molar-refractivity contribution is 8.00. The Morgan fingerprint density at radius 1 is 1.41 bits per heavy atom. The fraction of sp³-hybridized carbons (Fsp3) is 0.231. The van der Waals surface area contributed by atoms with Crippen LogP contribution in [0.4, 0.5) is 5.69 Å². The molecule has 9 heteroatoms. The summed E-state index contributed by atoms with van der Waals surface area (Å²) >= 11 is 6.94. The summed E-state index contributed by atoms with van der Waals surface area (Å²) in [5, 5.41) is 8.47. The summed E-state index contributed by atoms with van der Waals surface area (Å²) < 4.78 is 0. The summed E-state index contributed by atoms with van der Waals surface area (Å²) in [5.74, 6) is -0.303. The Labute approximate surface area is 134 Å². The molecule has 1 aromatic carbocycles. The van der Waals surface area contributed by atoms with Gasteiger partial charge in [-0.25, -0.2) is 9.89 Å². The fourth-order valence-corrected chi connectivity index (χ4v) is 2.55. The van der Waals surface area contributed by atoms with Gasteiger partial charge in [0.25, 0.3) is 5.56 Å². The molecule has 2 rings (SSSR count). The van der Waals surface area contributed by atoms with Crippen LogP contribution in [0.3, 0.4) is 0 Å². The maximum Gasteiger partial charge on any atom is 0.342 e. The van der Waals surface area contributed by atoms with Gasteiger partial charge in [-0.15, -0.1) is 0 Å². The molecule has 0 saturated heterocycles. The number of halogens is 1. The number of carbonyl (C=O) groups excluding carboxylic acids is 1. The van der Waals surface area contributed by atoms with E-state index in [0.29, 0.717) is 10.7 Å². The summed E-state index contributed by atoms with van der Waals surface area (Å²) in [6.45, 7) is 3.43. The lowest BCUT2D eigenvalue weighted by Gasteiger charge is -2.13. The minimum absolute atomic E-state index is 0.0186. The minimum atomic E-state index is -0.694. The number of rotatable bonds is 4. The number of amides is 1. The largest absolute Gasteiger partial charge is 0.342 e. The first-order valence-electron chi connectivity index (χ1n) is 6.30. The molecule has 2 aromatic rings. The number of aromatic nitrogens is 3. The summed E-state index contributed by atoms with van der Waals surface area (Å²) in [6, 6.07) is 5.20. The quantitative estimate of drug-likeness (QED) is 0.732. The molecule has 0 unspecified atom stereocenters. The Morgan fingerprint density at radius 2 is 2.14 bits per heavy atom. The van der Waals surface area contributed by atoms with Gasteiger partial charge >= 0.3 is 5.69 Å². The minimum Gasteiger partial charge on any atom is -0.325 e. The van der Waals surface area contributed by atoms with Gasteiger partial charge in [0.1, 0.15) is 0 Å². The number of thioether (sulfide) groups is 1. The molecule has 3 N–H and O–H groups in total. The van der Waals surface area contributed by atoms with Crippen molar-refractivity contribution in [1.82, 2.24) is 15.2 Å². The Morgan fingerprint density at radius 3 is 2.82 bits per heavy atom. The third-order valence-corrected chi connectivity index (χ3v) is 4.34. The lowest BCUT2D eigenvalue weighted by molar-refractivity contribution is -0.115. The van der Waals surface area contributed by atoms with Gasteiger partial charge in [-0.05, 0) is 31.5 Å². The van der Waals surface area contributed by atoms with Crippen molar-refractivity contribution in [2.75, 3.05) is 5.32 Å². The van der Waals surface area contributed by atoms with Gasteiger partial charge in [0.15, 0.2) is 5.03 Å². The van der Waals surface area contributed by atoms with Crippen LogP contribution in [-0.4, -0.2) is 26.3 Å². The maximum absolute atomic E-state index is 12.2. The van der Waals surface area contributed by atoms with Gasteiger partial charge < -0.3 is 5.32 Å². The molecule has 1 amide bonds. The summed E-state index contributed by atoms with van der Waals surface area (Å²) in [4.78, 5) is 36.7. The van der Waals surface area contributed by atoms with Crippen LogP contribution in [0, 0.1) is 6.92 Å². The number of anilines is 1. The summed E-state index contributed by atoms with van der Waals surface area (Å²) in [7, 11) is 0. The highest BCUT2D eigenvalue weighted by Gasteiger charge is 2.18. The van der Waals surface area contributed by atoms with Crippen LogP contribution in [0.5, 0.6) is 0 Å². The van der Waals surface area contributed by atoms with Gasteiger partial charge in [0.2, 0.25) is 5.91 Å². The van der Waals surface area contributed by atoms with Gasteiger partial charge in [0.05, 0.1) is 5.25 Å². The van der Waals surface area contributed by atoms with Gasteiger partial charge in [-0.1, -0.05) is 29.4 Å². The van der Waals surface area contributed by atoms with Crippen molar-refractivity contribution in [1.29, 1.82) is 0 Å². The number of hydrogen-bond acceptors (Lipinski definition) is 5. The molecule has 1 aromatic heterocycles. The van der Waals surface area contributed by atoms with Gasteiger partial charge in [0, 0.05) is 10.7 Å². The molecule has 0 spiro atoms. The van der Waals surface area contributed by atoms with Crippen molar-refractivity contribution in [2.45, 2.75) is 24.1 Å². The van der Waals surface area contributed by atoms with Crippen molar-refractivity contribution in [3.8, 4) is 0 Å². The van der Waals surface area contributed by atoms with Crippen molar-refractivity contribution in [3.05, 3.63) is 49.6 Å². The van der Waals surface area contributed by atoms with E-state index in [0.717, 1.165) is 17.3 Å². The zero-order valence-corrected chi connectivity index (χ0v) is 13.3. The zero-order valence-electron chi connectivity index (χ0n) is 11.8. The molecule has 22 heavy (non-hydrogen) atoms. The Bertz CT molecular complexity index is 817. The van der Waals surface area contributed by atoms with E-state index >= 15 is 0 Å². The number of aromatic amines is 2. The highest BCUT2D eigenvalue weighted by Crippen LogP contribution is 2.24. The van der Waals surface area contributed by atoms with Crippen LogP contribution < -0.4 is 16.6 Å². The molecule has 116 valence electrons. The first kappa shape index (κ1) is 16.3. The van der Waals surface area contributed by atoms with Crippen molar-refractivity contribution in [3.63, 3.8) is 0 Å². The van der Waals surface area contributed by atoms with E-state index in [2.05, 4.69) is 20.5 Å². The van der Waals surface area contributed by atoms with Gasteiger partial charge in [-0.2, -0.15) is 5.10 Å². The molecule has 0 aliphatic heterocycles. The Kier molecular flexibility index (Phi) is 5.04. The second-order valence-corrected chi connectivity index (χ2v) is 6.21. The molecule has 0 aliphatic carbocycles. The monoisotopic (exact) mass is 340 g/mol. The number of nitrogens with zero attached hydrogens (tertiary/aromatic N) is 1. The number of benzene rings is 1. The first-order valence-corrected chi connectivity index (χ1v) is 7.56. The van der Waals surface area contributed by atoms with Crippen LogP contribution in [0.1, 0.15) is 12.5 Å². The van der Waals surface area contributed by atoms with E-state index in [1.54, 1.807) is 32.0 Å². The zero-order chi connectivity index (χ0) is 16.3. The third-order valence-electron chi connectivity index (χ3n) is 2.86. The smallest absolute Gasteiger partial charge is 0.325 e. The number of carbonyl (C=O) groups is 1. The van der Waals surface area contributed by atoms with E-state index in [-0.39, 0.29) is 10.9 Å². The molecular weight excluding hydrogens is 328 g/mol.